The van der Waals surface area contributed by atoms with Gasteiger partial charge in [-0.25, -0.2) is 0 Å². The molecular formula is C13H19Cl2IN2O. The van der Waals surface area contributed by atoms with Crippen LogP contribution in [0.3, 0.4) is 0 Å². The van der Waals surface area contributed by atoms with E-state index in [1.807, 2.05) is 19.9 Å². The van der Waals surface area contributed by atoms with Crippen LogP contribution in [0.15, 0.2) is 18.2 Å². The minimum atomic E-state index is -0.334. The minimum Gasteiger partial charge on any atom is -0.350 e. The van der Waals surface area contributed by atoms with E-state index in [9.17, 15) is 4.79 Å². The SMILES string of the molecule is CCC(N)(CC)CNC(=O)c1cc(Cl)ccc1I.Cl. The van der Waals surface area contributed by atoms with Gasteiger partial charge in [0.25, 0.3) is 5.91 Å². The Kier molecular flexibility index (Phi) is 8.27. The number of rotatable bonds is 5. The molecule has 0 heterocycles. The largest absolute Gasteiger partial charge is 0.350 e. The predicted molar refractivity (Wildman–Crippen MR) is 91.3 cm³/mol. The first-order valence-corrected chi connectivity index (χ1v) is 7.39. The first kappa shape index (κ1) is 19.0. The molecule has 6 heteroatoms. The van der Waals surface area contributed by atoms with Crippen molar-refractivity contribution >= 4 is 52.5 Å². The minimum absolute atomic E-state index is 0. The smallest absolute Gasteiger partial charge is 0.252 e. The fraction of sp³-hybridized carbons (Fsp3) is 0.462. The van der Waals surface area contributed by atoms with Crippen molar-refractivity contribution in [3.63, 3.8) is 0 Å². The van der Waals surface area contributed by atoms with Crippen LogP contribution in [0.5, 0.6) is 0 Å². The summed E-state index contributed by atoms with van der Waals surface area (Å²) in [4.78, 5) is 12.1. The van der Waals surface area contributed by atoms with E-state index in [0.717, 1.165) is 16.4 Å². The lowest BCUT2D eigenvalue weighted by molar-refractivity contribution is 0.0941. The fourth-order valence-corrected chi connectivity index (χ4v) is 2.28. The van der Waals surface area contributed by atoms with Gasteiger partial charge < -0.3 is 11.1 Å². The van der Waals surface area contributed by atoms with Crippen LogP contribution in [0.2, 0.25) is 5.02 Å². The molecule has 1 aromatic rings. The number of benzene rings is 1. The van der Waals surface area contributed by atoms with Crippen LogP contribution >= 0.6 is 46.6 Å². The lowest BCUT2D eigenvalue weighted by atomic mass is 9.94. The summed E-state index contributed by atoms with van der Waals surface area (Å²) in [6.07, 6.45) is 1.66. The van der Waals surface area contributed by atoms with Crippen molar-refractivity contribution in [3.05, 3.63) is 32.4 Å². The van der Waals surface area contributed by atoms with Crippen LogP contribution in [-0.2, 0) is 0 Å². The summed E-state index contributed by atoms with van der Waals surface area (Å²) in [5, 5.41) is 3.44. The number of nitrogens with two attached hydrogens (primary N) is 1. The molecule has 1 amide bonds. The second-order valence-electron chi connectivity index (χ2n) is 4.38. The molecule has 0 unspecified atom stereocenters. The van der Waals surface area contributed by atoms with Gasteiger partial charge in [0.1, 0.15) is 0 Å². The number of amides is 1. The monoisotopic (exact) mass is 416 g/mol. The van der Waals surface area contributed by atoms with Crippen LogP contribution in [0.25, 0.3) is 0 Å². The van der Waals surface area contributed by atoms with Gasteiger partial charge in [-0.2, -0.15) is 0 Å². The van der Waals surface area contributed by atoms with E-state index in [0.29, 0.717) is 17.1 Å². The molecule has 0 saturated heterocycles. The molecule has 1 rings (SSSR count). The van der Waals surface area contributed by atoms with Crippen molar-refractivity contribution in [2.45, 2.75) is 32.2 Å². The molecule has 3 N–H and O–H groups in total. The molecule has 3 nitrogen and oxygen atoms in total. The van der Waals surface area contributed by atoms with Gasteiger partial charge >= 0.3 is 0 Å². The second kappa shape index (κ2) is 8.29. The Hall–Kier alpha value is -0.0400. The maximum atomic E-state index is 12.1. The quantitative estimate of drug-likeness (QED) is 0.720. The summed E-state index contributed by atoms with van der Waals surface area (Å²) in [5.74, 6) is -0.126. The first-order chi connectivity index (χ1) is 8.41. The van der Waals surface area contributed by atoms with Crippen LogP contribution in [0, 0.1) is 3.57 Å². The molecule has 0 atom stereocenters. The third-order valence-electron chi connectivity index (χ3n) is 3.18. The van der Waals surface area contributed by atoms with Crippen LogP contribution in [0.1, 0.15) is 37.0 Å². The van der Waals surface area contributed by atoms with E-state index < -0.39 is 0 Å². The third kappa shape index (κ3) is 5.45. The number of carbonyl (C=O) groups is 1. The molecule has 0 fully saturated rings. The molecule has 0 radical (unpaired) electrons. The van der Waals surface area contributed by atoms with Crippen molar-refractivity contribution in [1.82, 2.24) is 5.32 Å². The van der Waals surface area contributed by atoms with E-state index in [-0.39, 0.29) is 23.9 Å². The predicted octanol–water partition coefficient (Wildman–Crippen LogP) is 3.61. The van der Waals surface area contributed by atoms with E-state index in [2.05, 4.69) is 27.9 Å². The second-order valence-corrected chi connectivity index (χ2v) is 5.97. The van der Waals surface area contributed by atoms with E-state index in [1.54, 1.807) is 12.1 Å². The van der Waals surface area contributed by atoms with Crippen LogP contribution < -0.4 is 11.1 Å². The number of halogens is 3. The van der Waals surface area contributed by atoms with Crippen molar-refractivity contribution in [2.75, 3.05) is 6.54 Å². The summed E-state index contributed by atoms with van der Waals surface area (Å²) in [6.45, 7) is 4.53. The van der Waals surface area contributed by atoms with Crippen molar-refractivity contribution < 1.29 is 4.79 Å². The lowest BCUT2D eigenvalue weighted by Gasteiger charge is -2.26. The zero-order chi connectivity index (χ0) is 13.8. The van der Waals surface area contributed by atoms with Gasteiger partial charge in [0, 0.05) is 20.7 Å². The Balaban J connectivity index is 0.00000324. The highest BCUT2D eigenvalue weighted by Crippen LogP contribution is 2.18. The summed E-state index contributed by atoms with van der Waals surface area (Å²) >= 11 is 8.02. The fourth-order valence-electron chi connectivity index (χ4n) is 1.52. The molecule has 108 valence electrons. The third-order valence-corrected chi connectivity index (χ3v) is 4.36. The molecular weight excluding hydrogens is 398 g/mol. The number of nitrogens with one attached hydrogen (secondary N) is 1. The number of carbonyl (C=O) groups excluding carboxylic acids is 1. The van der Waals surface area contributed by atoms with E-state index in [4.69, 9.17) is 17.3 Å². The van der Waals surface area contributed by atoms with Gasteiger partial charge in [0.2, 0.25) is 0 Å². The van der Waals surface area contributed by atoms with E-state index >= 15 is 0 Å². The number of hydrogen-bond donors (Lipinski definition) is 2. The van der Waals surface area contributed by atoms with Crippen LogP contribution in [-0.4, -0.2) is 18.0 Å². The molecule has 0 bridgehead atoms. The van der Waals surface area contributed by atoms with Gasteiger partial charge in [0.05, 0.1) is 5.56 Å². The zero-order valence-corrected chi connectivity index (χ0v) is 14.7. The average Bonchev–Trinajstić information content (AvgIpc) is 2.38. The summed E-state index contributed by atoms with van der Waals surface area (Å²) in [6, 6.07) is 5.27. The maximum Gasteiger partial charge on any atom is 0.252 e. The highest BCUT2D eigenvalue weighted by molar-refractivity contribution is 14.1. The molecule has 19 heavy (non-hydrogen) atoms. The normalized spacial score (nSPS) is 10.8. The molecule has 0 aliphatic rings. The highest BCUT2D eigenvalue weighted by atomic mass is 127. The molecule has 0 spiro atoms. The Morgan fingerprint density at radius 2 is 2.00 bits per heavy atom. The van der Waals surface area contributed by atoms with Gasteiger partial charge in [-0.15, -0.1) is 12.4 Å². The standard InChI is InChI=1S/C13H18ClIN2O.ClH/c1-3-13(16,4-2)8-17-12(18)10-7-9(14)5-6-11(10)15;/h5-7H,3-4,8,16H2,1-2H3,(H,17,18);1H. The molecule has 0 aliphatic carbocycles. The Morgan fingerprint density at radius 3 is 2.53 bits per heavy atom. The number of hydrogen-bond acceptors (Lipinski definition) is 2. The average molecular weight is 417 g/mol. The van der Waals surface area contributed by atoms with Gasteiger partial charge in [0.15, 0.2) is 0 Å². The van der Waals surface area contributed by atoms with E-state index in [1.165, 1.54) is 0 Å². The molecule has 0 saturated carbocycles. The van der Waals surface area contributed by atoms with Gasteiger partial charge in [-0.3, -0.25) is 4.79 Å². The molecule has 1 aromatic carbocycles. The van der Waals surface area contributed by atoms with Crippen molar-refractivity contribution in [3.8, 4) is 0 Å². The zero-order valence-electron chi connectivity index (χ0n) is 11.0. The maximum absolute atomic E-state index is 12.1. The lowest BCUT2D eigenvalue weighted by Crippen LogP contribution is -2.49. The molecule has 0 aromatic heterocycles. The van der Waals surface area contributed by atoms with Crippen LogP contribution in [0.4, 0.5) is 0 Å². The highest BCUT2D eigenvalue weighted by Gasteiger charge is 2.21. The van der Waals surface area contributed by atoms with Crippen molar-refractivity contribution in [1.29, 1.82) is 0 Å². The molecule has 0 aliphatic heterocycles. The van der Waals surface area contributed by atoms with Gasteiger partial charge in [-0.05, 0) is 53.6 Å². The van der Waals surface area contributed by atoms with Gasteiger partial charge in [-0.1, -0.05) is 25.4 Å². The Labute approximate surface area is 139 Å². The topological polar surface area (TPSA) is 55.1 Å². The Morgan fingerprint density at radius 1 is 1.42 bits per heavy atom. The summed E-state index contributed by atoms with van der Waals surface area (Å²) in [7, 11) is 0. The first-order valence-electron chi connectivity index (χ1n) is 5.94. The Bertz CT molecular complexity index is 437. The summed E-state index contributed by atoms with van der Waals surface area (Å²) < 4.78 is 0.880. The summed E-state index contributed by atoms with van der Waals surface area (Å²) in [5.41, 5.74) is 6.41. The van der Waals surface area contributed by atoms with Crippen molar-refractivity contribution in [2.24, 2.45) is 5.73 Å².